The highest BCUT2D eigenvalue weighted by atomic mass is 16.6. The summed E-state index contributed by atoms with van der Waals surface area (Å²) in [5.41, 5.74) is 0.863. The molecule has 1 unspecified atom stereocenters. The van der Waals surface area contributed by atoms with Crippen molar-refractivity contribution in [2.45, 2.75) is 111 Å². The molecule has 0 aliphatic heterocycles. The van der Waals surface area contributed by atoms with Crippen LogP contribution in [0, 0.1) is 11.3 Å². The summed E-state index contributed by atoms with van der Waals surface area (Å²) < 4.78 is 17.8. The van der Waals surface area contributed by atoms with Gasteiger partial charge in [-0.05, 0) is 84.3 Å². The standard InChI is InChI=1S/C34H50N2O5/c1-25(36(31(38)41-33(5,6)7)22-26-15-11-9-12-16-26)28(24-39-23-27-17-13-10-14-18-27)21-29(34(8)19-20-34)35-30(37)40-32(2,3)4/h9-18,25,28-29H,19-24H2,1-8H3,(H,35,37)/t25-,28+,29?/m1/s1. The Morgan fingerprint density at radius 1 is 0.878 bits per heavy atom. The van der Waals surface area contributed by atoms with Crippen LogP contribution in [0.25, 0.3) is 0 Å². The van der Waals surface area contributed by atoms with E-state index in [0.29, 0.717) is 26.2 Å². The fourth-order valence-corrected chi connectivity index (χ4v) is 4.85. The van der Waals surface area contributed by atoms with Crippen LogP contribution in [0.1, 0.15) is 85.8 Å². The molecule has 3 atom stereocenters. The van der Waals surface area contributed by atoms with Crippen molar-refractivity contribution in [1.82, 2.24) is 10.2 Å². The van der Waals surface area contributed by atoms with Gasteiger partial charge in [-0.3, -0.25) is 0 Å². The van der Waals surface area contributed by atoms with Gasteiger partial charge in [-0.1, -0.05) is 67.6 Å². The zero-order valence-corrected chi connectivity index (χ0v) is 26.2. The fraction of sp³-hybridized carbons (Fsp3) is 0.588. The number of benzene rings is 2. The Labute approximate surface area is 246 Å². The van der Waals surface area contributed by atoms with E-state index in [2.05, 4.69) is 19.2 Å². The van der Waals surface area contributed by atoms with Gasteiger partial charge in [0.2, 0.25) is 0 Å². The molecule has 3 rings (SSSR count). The minimum Gasteiger partial charge on any atom is -0.444 e. The molecule has 0 saturated heterocycles. The number of ether oxygens (including phenoxy) is 3. The molecule has 2 amide bonds. The summed E-state index contributed by atoms with van der Waals surface area (Å²) in [5, 5.41) is 3.17. The van der Waals surface area contributed by atoms with Crippen LogP contribution in [0.15, 0.2) is 60.7 Å². The zero-order valence-electron chi connectivity index (χ0n) is 26.2. The maximum Gasteiger partial charge on any atom is 0.410 e. The molecule has 7 nitrogen and oxygen atoms in total. The molecule has 1 aliphatic rings. The van der Waals surface area contributed by atoms with Gasteiger partial charge in [0.05, 0.1) is 13.2 Å². The molecular weight excluding hydrogens is 516 g/mol. The molecule has 0 heterocycles. The number of nitrogens with zero attached hydrogens (tertiary/aromatic N) is 1. The molecule has 2 aromatic rings. The average molecular weight is 567 g/mol. The normalized spacial score (nSPS) is 16.7. The van der Waals surface area contributed by atoms with E-state index in [0.717, 1.165) is 24.0 Å². The first kappa shape index (κ1) is 32.5. The Balaban J connectivity index is 1.87. The largest absolute Gasteiger partial charge is 0.444 e. The lowest BCUT2D eigenvalue weighted by Gasteiger charge is -2.38. The number of amides is 2. The first-order chi connectivity index (χ1) is 19.2. The molecule has 1 saturated carbocycles. The van der Waals surface area contributed by atoms with Gasteiger partial charge in [0, 0.05) is 24.5 Å². The average Bonchev–Trinajstić information content (AvgIpc) is 3.63. The molecule has 0 radical (unpaired) electrons. The smallest absolute Gasteiger partial charge is 0.410 e. The van der Waals surface area contributed by atoms with Crippen molar-refractivity contribution in [3.8, 4) is 0 Å². The summed E-state index contributed by atoms with van der Waals surface area (Å²) in [5.74, 6) is -0.0766. The van der Waals surface area contributed by atoms with Gasteiger partial charge in [0.1, 0.15) is 11.2 Å². The van der Waals surface area contributed by atoms with Crippen LogP contribution in [-0.2, 0) is 27.4 Å². The molecule has 1 aliphatic carbocycles. The molecule has 0 spiro atoms. The van der Waals surface area contributed by atoms with Gasteiger partial charge in [-0.2, -0.15) is 0 Å². The highest BCUT2D eigenvalue weighted by Crippen LogP contribution is 2.50. The third kappa shape index (κ3) is 11.0. The van der Waals surface area contributed by atoms with Gasteiger partial charge in [0.25, 0.3) is 0 Å². The Hall–Kier alpha value is -3.06. The van der Waals surface area contributed by atoms with Crippen LogP contribution in [-0.4, -0.2) is 47.0 Å². The van der Waals surface area contributed by atoms with E-state index < -0.39 is 17.3 Å². The molecule has 0 bridgehead atoms. The minimum atomic E-state index is -0.632. The molecule has 0 aromatic heterocycles. The zero-order chi connectivity index (χ0) is 30.3. The predicted molar refractivity (Wildman–Crippen MR) is 162 cm³/mol. The van der Waals surface area contributed by atoms with E-state index in [9.17, 15) is 9.59 Å². The maximum atomic E-state index is 13.6. The Morgan fingerprint density at radius 2 is 1.41 bits per heavy atom. The number of carbonyl (C=O) groups excluding carboxylic acids is 2. The number of carbonyl (C=O) groups is 2. The van der Waals surface area contributed by atoms with Crippen LogP contribution in [0.3, 0.4) is 0 Å². The van der Waals surface area contributed by atoms with Crippen molar-refractivity contribution in [3.63, 3.8) is 0 Å². The highest BCUT2D eigenvalue weighted by Gasteiger charge is 2.47. The van der Waals surface area contributed by atoms with Crippen LogP contribution in [0.4, 0.5) is 9.59 Å². The van der Waals surface area contributed by atoms with Crippen molar-refractivity contribution in [2.75, 3.05) is 6.61 Å². The third-order valence-corrected chi connectivity index (χ3v) is 7.55. The SMILES string of the molecule is C[C@H]([C@H](COCc1ccccc1)CC(NC(=O)OC(C)(C)C)C1(C)CC1)N(Cc1ccccc1)C(=O)OC(C)(C)C. The number of hydrogen-bond acceptors (Lipinski definition) is 5. The second-order valence-corrected chi connectivity index (χ2v) is 13.7. The van der Waals surface area contributed by atoms with Crippen LogP contribution >= 0.6 is 0 Å². The maximum absolute atomic E-state index is 13.6. The summed E-state index contributed by atoms with van der Waals surface area (Å²) in [6.45, 7) is 16.8. The van der Waals surface area contributed by atoms with E-state index in [-0.39, 0.29) is 29.5 Å². The molecular formula is C34H50N2O5. The lowest BCUT2D eigenvalue weighted by atomic mass is 9.85. The van der Waals surface area contributed by atoms with Crippen molar-refractivity contribution >= 4 is 12.2 Å². The lowest BCUT2D eigenvalue weighted by Crippen LogP contribution is -2.50. The fourth-order valence-electron chi connectivity index (χ4n) is 4.85. The van der Waals surface area contributed by atoms with Crippen LogP contribution < -0.4 is 5.32 Å². The molecule has 1 fully saturated rings. The van der Waals surface area contributed by atoms with E-state index in [1.807, 2.05) is 102 Å². The predicted octanol–water partition coefficient (Wildman–Crippen LogP) is 7.73. The van der Waals surface area contributed by atoms with E-state index >= 15 is 0 Å². The van der Waals surface area contributed by atoms with Crippen LogP contribution in [0.5, 0.6) is 0 Å². The van der Waals surface area contributed by atoms with Crippen molar-refractivity contribution in [2.24, 2.45) is 11.3 Å². The molecule has 1 N–H and O–H groups in total. The Morgan fingerprint density at radius 3 is 1.93 bits per heavy atom. The summed E-state index contributed by atoms with van der Waals surface area (Å²) in [4.78, 5) is 28.3. The second-order valence-electron chi connectivity index (χ2n) is 13.7. The van der Waals surface area contributed by atoms with Crippen molar-refractivity contribution < 1.29 is 23.8 Å². The second kappa shape index (κ2) is 13.7. The van der Waals surface area contributed by atoms with Crippen molar-refractivity contribution in [1.29, 1.82) is 0 Å². The summed E-state index contributed by atoms with van der Waals surface area (Å²) >= 11 is 0. The van der Waals surface area contributed by atoms with Gasteiger partial charge >= 0.3 is 12.2 Å². The topological polar surface area (TPSA) is 77.1 Å². The number of hydrogen-bond donors (Lipinski definition) is 1. The first-order valence-corrected chi connectivity index (χ1v) is 14.8. The number of alkyl carbamates (subject to hydrolysis) is 1. The van der Waals surface area contributed by atoms with Gasteiger partial charge in [0.15, 0.2) is 0 Å². The third-order valence-electron chi connectivity index (χ3n) is 7.55. The minimum absolute atomic E-state index is 0.0233. The van der Waals surface area contributed by atoms with Gasteiger partial charge < -0.3 is 24.4 Å². The lowest BCUT2D eigenvalue weighted by molar-refractivity contribution is -0.00672. The van der Waals surface area contributed by atoms with Gasteiger partial charge in [-0.15, -0.1) is 0 Å². The highest BCUT2D eigenvalue weighted by molar-refractivity contribution is 5.69. The van der Waals surface area contributed by atoms with E-state index in [1.165, 1.54) is 0 Å². The Bertz CT molecular complexity index is 1100. The number of nitrogens with one attached hydrogen (secondary N) is 1. The van der Waals surface area contributed by atoms with Gasteiger partial charge in [-0.25, -0.2) is 9.59 Å². The first-order valence-electron chi connectivity index (χ1n) is 14.8. The van der Waals surface area contributed by atoms with Crippen molar-refractivity contribution in [3.05, 3.63) is 71.8 Å². The monoisotopic (exact) mass is 566 g/mol. The molecule has 2 aromatic carbocycles. The summed E-state index contributed by atoms with van der Waals surface area (Å²) in [6.07, 6.45) is 1.91. The van der Waals surface area contributed by atoms with Crippen LogP contribution in [0.2, 0.25) is 0 Å². The summed E-state index contributed by atoms with van der Waals surface area (Å²) in [6, 6.07) is 19.7. The van der Waals surface area contributed by atoms with E-state index in [1.54, 1.807) is 4.90 Å². The Kier molecular flexibility index (Phi) is 10.9. The molecule has 226 valence electrons. The summed E-state index contributed by atoms with van der Waals surface area (Å²) in [7, 11) is 0. The molecule has 7 heteroatoms. The number of rotatable bonds is 12. The molecule has 41 heavy (non-hydrogen) atoms. The van der Waals surface area contributed by atoms with E-state index in [4.69, 9.17) is 14.2 Å². The quantitative estimate of drug-likeness (QED) is 0.284.